The van der Waals surface area contributed by atoms with E-state index >= 15 is 0 Å². The number of rotatable bonds is 8. The van der Waals surface area contributed by atoms with Gasteiger partial charge >= 0.3 is 0 Å². The predicted molar refractivity (Wildman–Crippen MR) is 341 cm³/mol. The monoisotopic (exact) mass is 1260 g/mol. The number of fused-ring (bicyclic) bond motifs is 3. The Hall–Kier alpha value is -5.88. The normalized spacial score (nSPS) is 10.4. The lowest BCUT2D eigenvalue weighted by Gasteiger charge is -2.02. The number of hydrogen-bond acceptors (Lipinski definition) is 7. The van der Waals surface area contributed by atoms with Crippen molar-refractivity contribution < 1.29 is 4.79 Å². The number of thiophene rings is 3. The second-order valence-electron chi connectivity index (χ2n) is 16.5. The van der Waals surface area contributed by atoms with Crippen LogP contribution in [0.3, 0.4) is 0 Å². The van der Waals surface area contributed by atoms with Crippen LogP contribution >= 0.6 is 106 Å². The number of benzene rings is 9. The fourth-order valence-corrected chi connectivity index (χ4v) is 13.5. The molecule has 0 amide bonds. The molecule has 2 N–H and O–H groups in total. The second kappa shape index (κ2) is 28.3. The molecule has 0 aliphatic carbocycles. The summed E-state index contributed by atoms with van der Waals surface area (Å²) in [6, 6.07) is 75.4. The third-order valence-electron chi connectivity index (χ3n) is 11.4. The largest absolute Gasteiger partial charge is 0.326 e. The number of halogens is 3. The number of carbonyl (C=O) groups excluding carboxylic acids is 1. The second-order valence-corrected chi connectivity index (χ2v) is 23.6. The highest BCUT2D eigenvalue weighted by Crippen LogP contribution is 2.38. The molecule has 0 saturated carbocycles. The fraction of sp³-hybridized carbons (Fsp3) is 0.0312. The van der Waals surface area contributed by atoms with Gasteiger partial charge in [-0.2, -0.15) is 0 Å². The first-order chi connectivity index (χ1) is 36.6. The molecule has 12 aromatic rings. The van der Waals surface area contributed by atoms with Crippen LogP contribution in [0.25, 0.3) is 68.5 Å². The number of Topliss-reactive ketones (excluding diaryl/α,β-unsaturated/α-hetero) is 1. The molecule has 11 heteroatoms. The Labute approximate surface area is 485 Å². The number of thiol groups is 1. The first-order valence-corrected chi connectivity index (χ1v) is 29.9. The number of thioether (sulfide) groups is 1. The Balaban J connectivity index is 0.000000127. The molecule has 0 saturated heterocycles. The van der Waals surface area contributed by atoms with Gasteiger partial charge in [-0.25, -0.2) is 4.85 Å². The molecule has 12 rings (SSSR count). The van der Waals surface area contributed by atoms with Crippen molar-refractivity contribution in [3.63, 3.8) is 0 Å². The molecule has 9 aromatic carbocycles. The molecule has 3 heterocycles. The lowest BCUT2D eigenvalue weighted by atomic mass is 10.0. The van der Waals surface area contributed by atoms with Crippen molar-refractivity contribution in [1.29, 1.82) is 0 Å². The van der Waals surface area contributed by atoms with Crippen LogP contribution in [-0.4, -0.2) is 11.5 Å². The minimum absolute atomic E-state index is 0.163. The molecule has 75 heavy (non-hydrogen) atoms. The van der Waals surface area contributed by atoms with Crippen molar-refractivity contribution >= 4 is 148 Å². The van der Waals surface area contributed by atoms with Gasteiger partial charge in [0.05, 0.1) is 12.3 Å². The summed E-state index contributed by atoms with van der Waals surface area (Å²) in [7, 11) is 0. The fourth-order valence-electron chi connectivity index (χ4n) is 7.70. The number of nitrogens with two attached hydrogens (primary N) is 1. The molecule has 0 fully saturated rings. The van der Waals surface area contributed by atoms with E-state index in [0.717, 1.165) is 28.8 Å². The number of nitrogens with zero attached hydrogens (tertiary/aromatic N) is 1. The van der Waals surface area contributed by atoms with E-state index in [9.17, 15) is 4.79 Å². The average Bonchev–Trinajstić information content (AvgIpc) is 4.21. The smallest absolute Gasteiger partial charge is 0.188 e. The molecule has 0 radical (unpaired) electrons. The Bertz CT molecular complexity index is 3780. The van der Waals surface area contributed by atoms with Crippen molar-refractivity contribution in [2.45, 2.75) is 16.3 Å². The highest BCUT2D eigenvalue weighted by Gasteiger charge is 2.10. The van der Waals surface area contributed by atoms with Crippen LogP contribution in [0.4, 0.5) is 5.69 Å². The summed E-state index contributed by atoms with van der Waals surface area (Å²) in [5.41, 5.74) is 16.0. The van der Waals surface area contributed by atoms with E-state index in [0.29, 0.717) is 18.0 Å². The van der Waals surface area contributed by atoms with Crippen molar-refractivity contribution in [3.05, 3.63) is 277 Å². The zero-order valence-corrected chi connectivity index (χ0v) is 49.1. The number of carbonyl (C=O) groups is 1. The standard InChI is InChI=1S/C15H9NS.C15H13NS.C14H11BrOS.C14H9BrS.C6H5BrS/c1-16-12-7-8-13-14(10-17-15(13)9-12)11-5-3-2-4-6-11;16-9-11-6-7-13-14(10-17-15(13)8-11)12-4-2-1-3-5-12;15-12-7-4-8-13(9-12)17-10-14(16)11-5-2-1-3-6-11;15-11-6-7-12-13(9-16-14(12)8-11)10-4-2-1-3-5-10;7-5-2-1-3-6(8)4-5/h2-10H;1-8,10H,9,16H2;1-9H,10H2;1-9H;1-4,8H. The zero-order chi connectivity index (χ0) is 52.4. The van der Waals surface area contributed by atoms with Crippen LogP contribution in [0.5, 0.6) is 0 Å². The zero-order valence-electron chi connectivity index (χ0n) is 40.2. The number of hydrogen-bond donors (Lipinski definition) is 2. The summed E-state index contributed by atoms with van der Waals surface area (Å²) in [5, 5.41) is 10.5. The van der Waals surface area contributed by atoms with Gasteiger partial charge in [-0.3, -0.25) is 4.79 Å². The quantitative estimate of drug-likeness (QED) is 0.0690. The van der Waals surface area contributed by atoms with E-state index in [4.69, 9.17) is 12.3 Å². The molecule has 3 aromatic heterocycles. The minimum atomic E-state index is 0.163. The first kappa shape index (κ1) is 55.4. The van der Waals surface area contributed by atoms with E-state index in [1.807, 2.05) is 121 Å². The summed E-state index contributed by atoms with van der Waals surface area (Å²) in [5.74, 6) is 0.635. The molecule has 0 aliphatic heterocycles. The molecular formula is C64H47Br3N2OS5. The van der Waals surface area contributed by atoms with E-state index in [1.54, 1.807) is 45.8 Å². The maximum atomic E-state index is 11.9. The van der Waals surface area contributed by atoms with Gasteiger partial charge in [-0.05, 0) is 104 Å². The number of ketones is 1. The summed E-state index contributed by atoms with van der Waals surface area (Å²) in [6.07, 6.45) is 0. The van der Waals surface area contributed by atoms with Crippen LogP contribution in [0.15, 0.2) is 264 Å². The lowest BCUT2D eigenvalue weighted by molar-refractivity contribution is 0.102. The molecular weight excluding hydrogens is 1210 g/mol. The maximum absolute atomic E-state index is 11.9. The van der Waals surface area contributed by atoms with Gasteiger partial charge in [-0.1, -0.05) is 212 Å². The Morgan fingerprint density at radius 1 is 0.493 bits per heavy atom. The highest BCUT2D eigenvalue weighted by atomic mass is 79.9. The predicted octanol–water partition coefficient (Wildman–Crippen LogP) is 21.6. The van der Waals surface area contributed by atoms with Crippen LogP contribution in [0.2, 0.25) is 0 Å². The third kappa shape index (κ3) is 15.8. The molecule has 0 spiro atoms. The Kier molecular flexibility index (Phi) is 20.9. The Morgan fingerprint density at radius 3 is 1.43 bits per heavy atom. The average molecular weight is 1260 g/mol. The van der Waals surface area contributed by atoms with E-state index in [1.165, 1.54) is 69.2 Å². The van der Waals surface area contributed by atoms with Crippen molar-refractivity contribution in [3.8, 4) is 33.4 Å². The van der Waals surface area contributed by atoms with Crippen LogP contribution < -0.4 is 5.73 Å². The highest BCUT2D eigenvalue weighted by molar-refractivity contribution is 9.11. The van der Waals surface area contributed by atoms with E-state index in [-0.39, 0.29) is 5.78 Å². The SMILES string of the molecule is Brc1ccc2c(-c3ccccc3)csc2c1.NCc1ccc2c(-c3ccccc3)csc2c1.O=C(CSc1cccc(Br)c1)c1ccccc1.Sc1cccc(Br)c1.[C-]#[N+]c1ccc2c(-c3ccccc3)csc2c1. The third-order valence-corrected chi connectivity index (χ3v) is 17.0. The summed E-state index contributed by atoms with van der Waals surface area (Å²) < 4.78 is 7.07. The van der Waals surface area contributed by atoms with Gasteiger partial charge in [0.15, 0.2) is 11.5 Å². The minimum Gasteiger partial charge on any atom is -0.326 e. The topological polar surface area (TPSA) is 47.5 Å². The summed E-state index contributed by atoms with van der Waals surface area (Å²) in [4.78, 5) is 17.4. The first-order valence-electron chi connectivity index (χ1n) is 23.5. The molecule has 0 atom stereocenters. The van der Waals surface area contributed by atoms with Gasteiger partial charge in [0.25, 0.3) is 0 Å². The summed E-state index contributed by atoms with van der Waals surface area (Å²) in [6.45, 7) is 7.63. The van der Waals surface area contributed by atoms with Gasteiger partial charge < -0.3 is 5.73 Å². The van der Waals surface area contributed by atoms with Crippen LogP contribution in [0.1, 0.15) is 15.9 Å². The van der Waals surface area contributed by atoms with Gasteiger partial charge in [0.1, 0.15) is 0 Å². The van der Waals surface area contributed by atoms with E-state index in [2.05, 4.69) is 185 Å². The van der Waals surface area contributed by atoms with Crippen molar-refractivity contribution in [1.82, 2.24) is 0 Å². The van der Waals surface area contributed by atoms with Gasteiger partial charge in [0.2, 0.25) is 0 Å². The van der Waals surface area contributed by atoms with E-state index < -0.39 is 0 Å². The van der Waals surface area contributed by atoms with Crippen LogP contribution in [0, 0.1) is 6.57 Å². The van der Waals surface area contributed by atoms with Gasteiger partial charge in [-0.15, -0.1) is 58.4 Å². The molecule has 0 unspecified atom stereocenters. The Morgan fingerprint density at radius 2 is 0.947 bits per heavy atom. The molecule has 3 nitrogen and oxygen atoms in total. The van der Waals surface area contributed by atoms with Crippen molar-refractivity contribution in [2.24, 2.45) is 5.73 Å². The molecule has 0 aliphatic rings. The summed E-state index contributed by atoms with van der Waals surface area (Å²) >= 11 is 21.2. The molecule has 370 valence electrons. The van der Waals surface area contributed by atoms with Crippen molar-refractivity contribution in [2.75, 3.05) is 5.75 Å². The van der Waals surface area contributed by atoms with Crippen LogP contribution in [-0.2, 0) is 6.54 Å². The molecule has 0 bridgehead atoms. The maximum Gasteiger partial charge on any atom is 0.188 e. The lowest BCUT2D eigenvalue weighted by Crippen LogP contribution is -2.01. The van der Waals surface area contributed by atoms with Gasteiger partial charge in [0, 0.05) is 76.9 Å².